The zero-order valence-electron chi connectivity index (χ0n) is 12.2. The number of nitrogens with zero attached hydrogens (tertiary/aromatic N) is 3. The highest BCUT2D eigenvalue weighted by Gasteiger charge is 2.12. The van der Waals surface area contributed by atoms with Gasteiger partial charge in [0.1, 0.15) is 0 Å². The number of ether oxygens (including phenoxy) is 3. The van der Waals surface area contributed by atoms with Crippen molar-refractivity contribution in [3.63, 3.8) is 0 Å². The van der Waals surface area contributed by atoms with Crippen molar-refractivity contribution in [3.05, 3.63) is 12.3 Å². The minimum atomic E-state index is -0.270. The summed E-state index contributed by atoms with van der Waals surface area (Å²) in [5.74, 6) is 0.753. The van der Waals surface area contributed by atoms with Gasteiger partial charge < -0.3 is 19.1 Å². The average Bonchev–Trinajstić information content (AvgIpc) is 2.47. The smallest absolute Gasteiger partial charge is 0.307 e. The summed E-state index contributed by atoms with van der Waals surface area (Å²) in [6.07, 6.45) is 1.90. The Morgan fingerprint density at radius 1 is 1.35 bits per heavy atom. The molecule has 0 amide bonds. The first-order chi connectivity index (χ1) is 9.71. The van der Waals surface area contributed by atoms with E-state index in [0.717, 1.165) is 0 Å². The third-order valence-electron chi connectivity index (χ3n) is 2.57. The summed E-state index contributed by atoms with van der Waals surface area (Å²) in [5, 5.41) is 0. The molecule has 0 N–H and O–H groups in total. The van der Waals surface area contributed by atoms with Crippen LogP contribution in [0.1, 0.15) is 13.3 Å². The van der Waals surface area contributed by atoms with E-state index in [1.807, 2.05) is 11.8 Å². The quantitative estimate of drug-likeness (QED) is 0.623. The van der Waals surface area contributed by atoms with Gasteiger partial charge in [-0.1, -0.05) is 0 Å². The van der Waals surface area contributed by atoms with Crippen LogP contribution in [-0.4, -0.2) is 56.5 Å². The molecule has 0 atom stereocenters. The molecule has 0 aliphatic carbocycles. The van der Waals surface area contributed by atoms with Gasteiger partial charge in [-0.25, -0.2) is 4.98 Å². The van der Waals surface area contributed by atoms with E-state index in [2.05, 4.69) is 14.7 Å². The van der Waals surface area contributed by atoms with Crippen LogP contribution < -0.4 is 9.64 Å². The van der Waals surface area contributed by atoms with Crippen molar-refractivity contribution in [1.29, 1.82) is 0 Å². The first-order valence-corrected chi connectivity index (χ1v) is 6.47. The number of hydrogen-bond donors (Lipinski definition) is 0. The van der Waals surface area contributed by atoms with Crippen molar-refractivity contribution >= 4 is 11.9 Å². The Bertz CT molecular complexity index is 414. The van der Waals surface area contributed by atoms with E-state index >= 15 is 0 Å². The predicted molar refractivity (Wildman–Crippen MR) is 73.9 cm³/mol. The number of hydrogen-bond acceptors (Lipinski definition) is 7. The van der Waals surface area contributed by atoms with Crippen molar-refractivity contribution in [2.24, 2.45) is 0 Å². The molecule has 112 valence electrons. The molecule has 0 bridgehead atoms. The van der Waals surface area contributed by atoms with E-state index in [-0.39, 0.29) is 12.4 Å². The lowest BCUT2D eigenvalue weighted by molar-refractivity contribution is -0.140. The molecule has 0 radical (unpaired) electrons. The summed E-state index contributed by atoms with van der Waals surface area (Å²) in [5.41, 5.74) is 0. The van der Waals surface area contributed by atoms with Gasteiger partial charge in [0.2, 0.25) is 11.8 Å². The van der Waals surface area contributed by atoms with Gasteiger partial charge in [-0.05, 0) is 6.92 Å². The molecule has 0 aromatic carbocycles. The first-order valence-electron chi connectivity index (χ1n) is 6.47. The highest BCUT2D eigenvalue weighted by molar-refractivity contribution is 5.69. The van der Waals surface area contributed by atoms with Crippen LogP contribution in [0.25, 0.3) is 0 Å². The lowest BCUT2D eigenvalue weighted by Gasteiger charge is -2.21. The lowest BCUT2D eigenvalue weighted by Crippen LogP contribution is -2.31. The van der Waals surface area contributed by atoms with Crippen LogP contribution in [0.4, 0.5) is 5.95 Å². The molecule has 0 saturated heterocycles. The summed E-state index contributed by atoms with van der Waals surface area (Å²) in [7, 11) is 2.99. The van der Waals surface area contributed by atoms with Crippen LogP contribution in [-0.2, 0) is 14.3 Å². The van der Waals surface area contributed by atoms with Crippen molar-refractivity contribution in [3.8, 4) is 5.88 Å². The number of esters is 1. The second-order valence-electron chi connectivity index (χ2n) is 3.93. The minimum absolute atomic E-state index is 0.266. The van der Waals surface area contributed by atoms with Crippen molar-refractivity contribution in [2.45, 2.75) is 13.3 Å². The Kier molecular flexibility index (Phi) is 7.34. The van der Waals surface area contributed by atoms with Crippen LogP contribution in [0.3, 0.4) is 0 Å². The first kappa shape index (κ1) is 16.2. The van der Waals surface area contributed by atoms with Crippen molar-refractivity contribution < 1.29 is 19.0 Å². The molecule has 1 aromatic heterocycles. The molecular formula is C13H21N3O4. The third-order valence-corrected chi connectivity index (χ3v) is 2.57. The Balaban J connectivity index is 2.74. The van der Waals surface area contributed by atoms with Gasteiger partial charge in [0.05, 0.1) is 26.7 Å². The van der Waals surface area contributed by atoms with E-state index in [4.69, 9.17) is 9.47 Å². The molecule has 20 heavy (non-hydrogen) atoms. The maximum absolute atomic E-state index is 11.2. The van der Waals surface area contributed by atoms with Gasteiger partial charge in [0.25, 0.3) is 0 Å². The number of carbonyl (C=O) groups is 1. The molecule has 7 heteroatoms. The van der Waals surface area contributed by atoms with Crippen molar-refractivity contribution in [1.82, 2.24) is 9.97 Å². The van der Waals surface area contributed by atoms with Crippen LogP contribution in [0.2, 0.25) is 0 Å². The monoisotopic (exact) mass is 283 g/mol. The average molecular weight is 283 g/mol. The van der Waals surface area contributed by atoms with Gasteiger partial charge in [0, 0.05) is 32.5 Å². The van der Waals surface area contributed by atoms with Gasteiger partial charge in [-0.2, -0.15) is 4.98 Å². The second kappa shape index (κ2) is 9.08. The zero-order chi connectivity index (χ0) is 14.8. The summed E-state index contributed by atoms with van der Waals surface area (Å²) in [6.45, 7) is 4.00. The maximum atomic E-state index is 11.2. The number of rotatable bonds is 9. The van der Waals surface area contributed by atoms with Crippen LogP contribution in [0.15, 0.2) is 12.3 Å². The molecule has 0 unspecified atom stereocenters. The third kappa shape index (κ3) is 5.40. The highest BCUT2D eigenvalue weighted by Crippen LogP contribution is 2.13. The van der Waals surface area contributed by atoms with Gasteiger partial charge in [-0.15, -0.1) is 0 Å². The fraction of sp³-hybridized carbons (Fsp3) is 0.615. The second-order valence-corrected chi connectivity index (χ2v) is 3.93. The molecule has 0 aliphatic rings. The molecule has 7 nitrogen and oxygen atoms in total. The van der Waals surface area contributed by atoms with Gasteiger partial charge in [-0.3, -0.25) is 4.79 Å². The normalized spacial score (nSPS) is 10.2. The van der Waals surface area contributed by atoms with E-state index in [9.17, 15) is 4.79 Å². The number of aromatic nitrogens is 2. The number of anilines is 1. The van der Waals surface area contributed by atoms with E-state index in [1.165, 1.54) is 7.11 Å². The topological polar surface area (TPSA) is 73.8 Å². The molecule has 0 spiro atoms. The van der Waals surface area contributed by atoms with Crippen LogP contribution in [0.5, 0.6) is 5.88 Å². The largest absolute Gasteiger partial charge is 0.478 e. The Morgan fingerprint density at radius 3 is 2.80 bits per heavy atom. The molecular weight excluding hydrogens is 262 g/mol. The Hall–Kier alpha value is -1.89. The Morgan fingerprint density at radius 2 is 2.15 bits per heavy atom. The fourth-order valence-electron chi connectivity index (χ4n) is 1.55. The molecule has 0 saturated carbocycles. The number of carbonyl (C=O) groups excluding carboxylic acids is 1. The summed E-state index contributed by atoms with van der Waals surface area (Å²) in [4.78, 5) is 21.6. The molecule has 0 fully saturated rings. The standard InChI is InChI=1S/C13H21N3O4/c1-4-20-11-5-7-14-13(15-11)16(9-10-18-2)8-6-12(17)19-3/h5,7H,4,6,8-10H2,1-3H3. The highest BCUT2D eigenvalue weighted by atomic mass is 16.5. The predicted octanol–water partition coefficient (Wildman–Crippen LogP) is 0.891. The maximum Gasteiger partial charge on any atom is 0.307 e. The summed E-state index contributed by atoms with van der Waals surface area (Å²) < 4.78 is 15.0. The molecule has 0 aliphatic heterocycles. The minimum Gasteiger partial charge on any atom is -0.478 e. The van der Waals surface area contributed by atoms with E-state index in [1.54, 1.807) is 19.4 Å². The van der Waals surface area contributed by atoms with Gasteiger partial charge in [0.15, 0.2) is 0 Å². The van der Waals surface area contributed by atoms with E-state index in [0.29, 0.717) is 38.1 Å². The Labute approximate surface area is 118 Å². The zero-order valence-corrected chi connectivity index (χ0v) is 12.2. The van der Waals surface area contributed by atoms with Crippen LogP contribution in [0, 0.1) is 0 Å². The molecule has 1 heterocycles. The fourth-order valence-corrected chi connectivity index (χ4v) is 1.55. The van der Waals surface area contributed by atoms with Gasteiger partial charge >= 0.3 is 5.97 Å². The summed E-state index contributed by atoms with van der Waals surface area (Å²) in [6, 6.07) is 1.70. The number of methoxy groups -OCH3 is 2. The molecule has 1 aromatic rings. The molecule has 1 rings (SSSR count). The van der Waals surface area contributed by atoms with Crippen molar-refractivity contribution in [2.75, 3.05) is 45.4 Å². The SMILES string of the molecule is CCOc1ccnc(N(CCOC)CCC(=O)OC)n1. The lowest BCUT2D eigenvalue weighted by atomic mass is 10.4. The van der Waals surface area contributed by atoms with Crippen LogP contribution >= 0.6 is 0 Å². The summed E-state index contributed by atoms with van der Waals surface area (Å²) >= 11 is 0. The van der Waals surface area contributed by atoms with E-state index < -0.39 is 0 Å².